The zero-order valence-corrected chi connectivity index (χ0v) is 13.1. The summed E-state index contributed by atoms with van der Waals surface area (Å²) < 4.78 is 15.7. The van der Waals surface area contributed by atoms with Gasteiger partial charge in [0.05, 0.1) is 21.3 Å². The summed E-state index contributed by atoms with van der Waals surface area (Å²) in [5.74, 6) is 0.356. The molecular formula is C15H23NO5. The van der Waals surface area contributed by atoms with Crippen molar-refractivity contribution in [3.63, 3.8) is 0 Å². The highest BCUT2D eigenvalue weighted by Crippen LogP contribution is 2.39. The Bertz CT molecular complexity index is 464. The van der Waals surface area contributed by atoms with Crippen LogP contribution in [0.15, 0.2) is 12.1 Å². The third-order valence-electron chi connectivity index (χ3n) is 3.33. The van der Waals surface area contributed by atoms with Crippen LogP contribution >= 0.6 is 0 Å². The maximum Gasteiger partial charge on any atom is 0.325 e. The summed E-state index contributed by atoms with van der Waals surface area (Å²) in [6.45, 7) is 3.93. The van der Waals surface area contributed by atoms with Crippen molar-refractivity contribution in [1.29, 1.82) is 0 Å². The van der Waals surface area contributed by atoms with Crippen molar-refractivity contribution >= 4 is 5.97 Å². The molecule has 0 aliphatic carbocycles. The fraction of sp³-hybridized carbons (Fsp3) is 0.533. The largest absolute Gasteiger partial charge is 0.493 e. The number of carbonyl (C=O) groups is 1. The van der Waals surface area contributed by atoms with Gasteiger partial charge in [-0.25, -0.2) is 0 Å². The molecule has 6 nitrogen and oxygen atoms in total. The number of aliphatic carboxylic acids is 1. The molecular weight excluding hydrogens is 274 g/mol. The van der Waals surface area contributed by atoms with Crippen LogP contribution in [0.1, 0.15) is 31.9 Å². The SMILES string of the molecule is CCC(C)NC(C(=O)O)c1cc(OC)c(OC)c(OC)c1. The second-order valence-electron chi connectivity index (χ2n) is 4.71. The molecule has 6 heteroatoms. The Labute approximate surface area is 125 Å². The number of hydrogen-bond acceptors (Lipinski definition) is 5. The summed E-state index contributed by atoms with van der Waals surface area (Å²) in [5.41, 5.74) is 0.553. The molecule has 0 fully saturated rings. The average Bonchev–Trinajstić information content (AvgIpc) is 2.50. The molecule has 0 saturated heterocycles. The van der Waals surface area contributed by atoms with Gasteiger partial charge < -0.3 is 19.3 Å². The summed E-state index contributed by atoms with van der Waals surface area (Å²) >= 11 is 0. The van der Waals surface area contributed by atoms with E-state index in [0.717, 1.165) is 6.42 Å². The van der Waals surface area contributed by atoms with Gasteiger partial charge in [0.2, 0.25) is 5.75 Å². The summed E-state index contributed by atoms with van der Waals surface area (Å²) in [5, 5.41) is 12.5. The number of hydrogen-bond donors (Lipinski definition) is 2. The van der Waals surface area contributed by atoms with E-state index in [9.17, 15) is 9.90 Å². The summed E-state index contributed by atoms with van der Waals surface area (Å²) in [6.07, 6.45) is 0.828. The van der Waals surface area contributed by atoms with Crippen LogP contribution in [-0.2, 0) is 4.79 Å². The molecule has 1 rings (SSSR count). The predicted molar refractivity (Wildman–Crippen MR) is 79.4 cm³/mol. The molecule has 1 aromatic carbocycles. The van der Waals surface area contributed by atoms with Gasteiger partial charge in [-0.05, 0) is 31.0 Å². The lowest BCUT2D eigenvalue weighted by molar-refractivity contribution is -0.139. The molecule has 2 N–H and O–H groups in total. The maximum absolute atomic E-state index is 11.5. The Morgan fingerprint density at radius 1 is 1.19 bits per heavy atom. The second-order valence-corrected chi connectivity index (χ2v) is 4.71. The molecule has 0 amide bonds. The third-order valence-corrected chi connectivity index (χ3v) is 3.33. The molecule has 2 atom stereocenters. The van der Waals surface area contributed by atoms with Crippen LogP contribution in [-0.4, -0.2) is 38.4 Å². The second kappa shape index (κ2) is 7.73. The Kier molecular flexibility index (Phi) is 6.30. The lowest BCUT2D eigenvalue weighted by Crippen LogP contribution is -2.35. The van der Waals surface area contributed by atoms with Crippen LogP contribution < -0.4 is 19.5 Å². The van der Waals surface area contributed by atoms with E-state index in [4.69, 9.17) is 14.2 Å². The Morgan fingerprint density at radius 3 is 2.05 bits per heavy atom. The minimum absolute atomic E-state index is 0.0743. The molecule has 0 spiro atoms. The van der Waals surface area contributed by atoms with Gasteiger partial charge in [-0.1, -0.05) is 6.92 Å². The standard InChI is InChI=1S/C15H23NO5/c1-6-9(2)16-13(15(17)18)10-7-11(19-3)14(21-5)12(8-10)20-4/h7-9,13,16H,6H2,1-5H3,(H,17,18). The Morgan fingerprint density at radius 2 is 1.71 bits per heavy atom. The van der Waals surface area contributed by atoms with Crippen LogP contribution in [0.2, 0.25) is 0 Å². The van der Waals surface area contributed by atoms with E-state index in [1.807, 2.05) is 13.8 Å². The zero-order chi connectivity index (χ0) is 16.0. The molecule has 0 aliphatic rings. The Hall–Kier alpha value is -1.95. The fourth-order valence-corrected chi connectivity index (χ4v) is 1.98. The number of benzene rings is 1. The maximum atomic E-state index is 11.5. The van der Waals surface area contributed by atoms with Gasteiger partial charge in [0.1, 0.15) is 6.04 Å². The van der Waals surface area contributed by atoms with Gasteiger partial charge in [0, 0.05) is 6.04 Å². The summed E-state index contributed by atoms with van der Waals surface area (Å²) in [4.78, 5) is 11.5. The number of rotatable bonds is 8. The minimum Gasteiger partial charge on any atom is -0.493 e. The van der Waals surface area contributed by atoms with E-state index in [0.29, 0.717) is 22.8 Å². The van der Waals surface area contributed by atoms with Gasteiger partial charge in [-0.2, -0.15) is 0 Å². The van der Waals surface area contributed by atoms with Gasteiger partial charge in [0.15, 0.2) is 11.5 Å². The molecule has 0 aromatic heterocycles. The van der Waals surface area contributed by atoms with E-state index in [-0.39, 0.29) is 6.04 Å². The van der Waals surface area contributed by atoms with Crippen molar-refractivity contribution in [3.05, 3.63) is 17.7 Å². The van der Waals surface area contributed by atoms with Crippen LogP contribution in [0.3, 0.4) is 0 Å². The van der Waals surface area contributed by atoms with Crippen molar-refractivity contribution in [2.24, 2.45) is 0 Å². The van der Waals surface area contributed by atoms with Crippen molar-refractivity contribution in [2.75, 3.05) is 21.3 Å². The monoisotopic (exact) mass is 297 g/mol. The quantitative estimate of drug-likeness (QED) is 0.766. The number of ether oxygens (including phenoxy) is 3. The van der Waals surface area contributed by atoms with E-state index in [1.165, 1.54) is 21.3 Å². The topological polar surface area (TPSA) is 77.0 Å². The molecule has 0 saturated carbocycles. The molecule has 0 radical (unpaired) electrons. The molecule has 21 heavy (non-hydrogen) atoms. The van der Waals surface area contributed by atoms with E-state index >= 15 is 0 Å². The highest BCUT2D eigenvalue weighted by atomic mass is 16.5. The first kappa shape index (κ1) is 17.1. The highest BCUT2D eigenvalue weighted by Gasteiger charge is 2.24. The van der Waals surface area contributed by atoms with Gasteiger partial charge in [0.25, 0.3) is 0 Å². The average molecular weight is 297 g/mol. The first-order valence-corrected chi connectivity index (χ1v) is 6.77. The molecule has 0 bridgehead atoms. The minimum atomic E-state index is -0.954. The van der Waals surface area contributed by atoms with Gasteiger partial charge in [-0.15, -0.1) is 0 Å². The lowest BCUT2D eigenvalue weighted by atomic mass is 10.0. The fourth-order valence-electron chi connectivity index (χ4n) is 1.98. The first-order chi connectivity index (χ1) is 9.98. The van der Waals surface area contributed by atoms with E-state index < -0.39 is 12.0 Å². The van der Waals surface area contributed by atoms with Crippen LogP contribution in [0.25, 0.3) is 0 Å². The molecule has 118 valence electrons. The van der Waals surface area contributed by atoms with Crippen LogP contribution in [0.4, 0.5) is 0 Å². The van der Waals surface area contributed by atoms with Gasteiger partial charge >= 0.3 is 5.97 Å². The van der Waals surface area contributed by atoms with Crippen molar-refractivity contribution in [2.45, 2.75) is 32.4 Å². The molecule has 0 heterocycles. The number of carboxylic acids is 1. The predicted octanol–water partition coefficient (Wildman–Crippen LogP) is 2.23. The zero-order valence-electron chi connectivity index (χ0n) is 13.1. The smallest absolute Gasteiger partial charge is 0.325 e. The van der Waals surface area contributed by atoms with E-state index in [2.05, 4.69) is 5.32 Å². The summed E-state index contributed by atoms with van der Waals surface area (Å²) in [6, 6.07) is 2.53. The number of nitrogens with one attached hydrogen (secondary N) is 1. The van der Waals surface area contributed by atoms with Crippen LogP contribution in [0.5, 0.6) is 17.2 Å². The van der Waals surface area contributed by atoms with Crippen LogP contribution in [0, 0.1) is 0 Å². The first-order valence-electron chi connectivity index (χ1n) is 6.77. The highest BCUT2D eigenvalue weighted by molar-refractivity contribution is 5.76. The molecule has 0 aliphatic heterocycles. The van der Waals surface area contributed by atoms with Gasteiger partial charge in [-0.3, -0.25) is 10.1 Å². The van der Waals surface area contributed by atoms with Crippen molar-refractivity contribution in [1.82, 2.24) is 5.32 Å². The van der Waals surface area contributed by atoms with Crippen molar-refractivity contribution < 1.29 is 24.1 Å². The third kappa shape index (κ3) is 4.01. The lowest BCUT2D eigenvalue weighted by Gasteiger charge is -2.21. The number of carboxylic acid groups (broad SMARTS) is 1. The van der Waals surface area contributed by atoms with E-state index in [1.54, 1.807) is 12.1 Å². The Balaban J connectivity index is 3.28. The molecule has 2 unspecified atom stereocenters. The molecule has 1 aromatic rings. The normalized spacial score (nSPS) is 13.4. The van der Waals surface area contributed by atoms with Crippen molar-refractivity contribution in [3.8, 4) is 17.2 Å². The number of methoxy groups -OCH3 is 3. The summed E-state index contributed by atoms with van der Waals surface area (Å²) in [7, 11) is 4.50.